The van der Waals surface area contributed by atoms with Crippen molar-refractivity contribution in [3.8, 4) is 11.1 Å². The molecule has 0 heterocycles. The molecule has 0 saturated heterocycles. The van der Waals surface area contributed by atoms with E-state index in [0.29, 0.717) is 0 Å². The number of carboxylic acid groups (broad SMARTS) is 1. The second kappa shape index (κ2) is 11.0. The molecule has 6 aromatic rings. The minimum absolute atomic E-state index is 0.00750. The lowest BCUT2D eigenvalue weighted by molar-refractivity contribution is 0.0696. The number of carbonyl (C=O) groups is 1. The van der Waals surface area contributed by atoms with Crippen molar-refractivity contribution in [2.24, 2.45) is 0 Å². The van der Waals surface area contributed by atoms with Gasteiger partial charge in [-0.2, -0.15) is 0 Å². The van der Waals surface area contributed by atoms with E-state index in [4.69, 9.17) is 0 Å². The highest BCUT2D eigenvalue weighted by Crippen LogP contribution is 2.28. The number of rotatable bonds is 8. The lowest BCUT2D eigenvalue weighted by Gasteiger charge is -2.11. The molecule has 6 aromatic carbocycles. The monoisotopic (exact) mass is 556 g/mol. The van der Waals surface area contributed by atoms with E-state index in [-0.39, 0.29) is 21.8 Å². The Bertz CT molecular complexity index is 2000. The molecule has 202 valence electrons. The molecule has 0 saturated carbocycles. The summed E-state index contributed by atoms with van der Waals surface area (Å²) in [5.74, 6) is -1.54. The zero-order chi connectivity index (χ0) is 28.4. The van der Waals surface area contributed by atoms with Crippen molar-refractivity contribution in [1.29, 1.82) is 0 Å². The standard InChI is InChI=1S/C36H28O4S/c37-36(38)35-23-31(18-19-32(35)24-41(39,40)33-21-20-26-6-1-2-8-30(26)22-33)27-15-12-25(13-16-27)14-17-29-10-5-9-28-7-3-4-11-34(28)29/h1-13,15-16,18-23H,14,17,24H2,(H,37,38). The minimum Gasteiger partial charge on any atom is -0.478 e. The molecule has 0 atom stereocenters. The molecule has 5 heteroatoms. The fraction of sp³-hybridized carbons (Fsp3) is 0.0833. The molecule has 0 radical (unpaired) electrons. The van der Waals surface area contributed by atoms with Crippen molar-refractivity contribution in [1.82, 2.24) is 0 Å². The van der Waals surface area contributed by atoms with Gasteiger partial charge in [-0.1, -0.05) is 109 Å². The summed E-state index contributed by atoms with van der Waals surface area (Å²) < 4.78 is 26.5. The van der Waals surface area contributed by atoms with Crippen LogP contribution in [0.5, 0.6) is 0 Å². The van der Waals surface area contributed by atoms with Gasteiger partial charge in [-0.15, -0.1) is 0 Å². The van der Waals surface area contributed by atoms with Crippen LogP contribution in [-0.4, -0.2) is 19.5 Å². The molecule has 1 N–H and O–H groups in total. The molecule has 4 nitrogen and oxygen atoms in total. The first kappa shape index (κ1) is 26.5. The normalized spacial score (nSPS) is 11.6. The second-order valence-electron chi connectivity index (χ2n) is 10.3. The van der Waals surface area contributed by atoms with Crippen LogP contribution < -0.4 is 0 Å². The van der Waals surface area contributed by atoms with Crippen molar-refractivity contribution in [2.45, 2.75) is 23.5 Å². The average molecular weight is 557 g/mol. The second-order valence-corrected chi connectivity index (χ2v) is 12.3. The Balaban J connectivity index is 1.21. The van der Waals surface area contributed by atoms with Gasteiger partial charge in [-0.3, -0.25) is 0 Å². The molecular weight excluding hydrogens is 528 g/mol. The van der Waals surface area contributed by atoms with Crippen LogP contribution in [0.4, 0.5) is 0 Å². The van der Waals surface area contributed by atoms with Gasteiger partial charge >= 0.3 is 5.97 Å². The van der Waals surface area contributed by atoms with Crippen LogP contribution in [-0.2, 0) is 28.4 Å². The quantitative estimate of drug-likeness (QED) is 0.206. The van der Waals surface area contributed by atoms with Gasteiger partial charge in [0.15, 0.2) is 9.84 Å². The summed E-state index contributed by atoms with van der Waals surface area (Å²) in [6.07, 6.45) is 1.81. The summed E-state index contributed by atoms with van der Waals surface area (Å²) in [4.78, 5) is 12.4. The zero-order valence-electron chi connectivity index (χ0n) is 22.3. The van der Waals surface area contributed by atoms with Crippen LogP contribution in [0.2, 0.25) is 0 Å². The van der Waals surface area contributed by atoms with Crippen LogP contribution in [0.15, 0.2) is 132 Å². The first-order chi connectivity index (χ1) is 19.9. The predicted molar refractivity (Wildman–Crippen MR) is 165 cm³/mol. The zero-order valence-corrected chi connectivity index (χ0v) is 23.1. The third kappa shape index (κ3) is 5.63. The number of sulfone groups is 1. The van der Waals surface area contributed by atoms with Gasteiger partial charge in [0, 0.05) is 0 Å². The third-order valence-electron chi connectivity index (χ3n) is 7.62. The lowest BCUT2D eigenvalue weighted by atomic mass is 9.96. The highest BCUT2D eigenvalue weighted by atomic mass is 32.2. The largest absolute Gasteiger partial charge is 0.478 e. The number of hydrogen-bond acceptors (Lipinski definition) is 3. The summed E-state index contributed by atoms with van der Waals surface area (Å²) in [6, 6.07) is 40.4. The minimum atomic E-state index is -3.75. The molecule has 0 amide bonds. The Morgan fingerprint density at radius 3 is 2.05 bits per heavy atom. The molecule has 0 aliphatic rings. The summed E-state index contributed by atoms with van der Waals surface area (Å²) in [7, 11) is -3.75. The maximum Gasteiger partial charge on any atom is 0.336 e. The Hall–Kier alpha value is -4.74. The summed E-state index contributed by atoms with van der Waals surface area (Å²) in [5.41, 5.74) is 4.37. The number of fused-ring (bicyclic) bond motifs is 2. The Labute approximate surface area is 239 Å². The third-order valence-corrected chi connectivity index (χ3v) is 9.28. The first-order valence-electron chi connectivity index (χ1n) is 13.5. The molecule has 41 heavy (non-hydrogen) atoms. The van der Waals surface area contributed by atoms with Crippen LogP contribution in [0.3, 0.4) is 0 Å². The molecule has 0 aliphatic heterocycles. The highest BCUT2D eigenvalue weighted by Gasteiger charge is 2.21. The van der Waals surface area contributed by atoms with Crippen molar-refractivity contribution in [3.63, 3.8) is 0 Å². The summed E-state index contributed by atoms with van der Waals surface area (Å²) in [6.45, 7) is 0. The van der Waals surface area contributed by atoms with E-state index in [2.05, 4.69) is 54.6 Å². The Morgan fingerprint density at radius 1 is 0.585 bits per heavy atom. The van der Waals surface area contributed by atoms with Crippen molar-refractivity contribution < 1.29 is 18.3 Å². The maximum absolute atomic E-state index is 13.3. The number of carboxylic acids is 1. The molecule has 0 aliphatic carbocycles. The Morgan fingerprint density at radius 2 is 1.27 bits per heavy atom. The number of hydrogen-bond donors (Lipinski definition) is 1. The molecule has 0 bridgehead atoms. The average Bonchev–Trinajstić information content (AvgIpc) is 3.00. The van der Waals surface area contributed by atoms with Gasteiger partial charge in [0.1, 0.15) is 0 Å². The lowest BCUT2D eigenvalue weighted by Crippen LogP contribution is -2.10. The summed E-state index contributed by atoms with van der Waals surface area (Å²) in [5, 5.41) is 14.2. The van der Waals surface area contributed by atoms with E-state index in [9.17, 15) is 18.3 Å². The van der Waals surface area contributed by atoms with Gasteiger partial charge < -0.3 is 5.11 Å². The van der Waals surface area contributed by atoms with E-state index in [1.54, 1.807) is 36.4 Å². The van der Waals surface area contributed by atoms with E-state index in [0.717, 1.165) is 34.7 Å². The Kier molecular flexibility index (Phi) is 7.12. The fourth-order valence-corrected chi connectivity index (χ4v) is 6.79. The van der Waals surface area contributed by atoms with Crippen LogP contribution >= 0.6 is 0 Å². The van der Waals surface area contributed by atoms with E-state index in [1.807, 2.05) is 36.4 Å². The number of benzene rings is 6. The first-order valence-corrected chi connectivity index (χ1v) is 15.2. The fourth-order valence-electron chi connectivity index (χ4n) is 5.38. The molecular formula is C36H28O4S. The van der Waals surface area contributed by atoms with Crippen molar-refractivity contribution >= 4 is 37.4 Å². The van der Waals surface area contributed by atoms with E-state index >= 15 is 0 Å². The van der Waals surface area contributed by atoms with Crippen LogP contribution in [0.25, 0.3) is 32.7 Å². The van der Waals surface area contributed by atoms with Gasteiger partial charge in [0.2, 0.25) is 0 Å². The van der Waals surface area contributed by atoms with E-state index < -0.39 is 15.8 Å². The molecule has 0 aromatic heterocycles. The highest BCUT2D eigenvalue weighted by molar-refractivity contribution is 7.90. The van der Waals surface area contributed by atoms with Crippen LogP contribution in [0.1, 0.15) is 27.0 Å². The molecule has 6 rings (SSSR count). The SMILES string of the molecule is O=C(O)c1cc(-c2ccc(CCc3cccc4ccccc34)cc2)ccc1CS(=O)(=O)c1ccc2ccccc2c1. The molecule has 0 fully saturated rings. The van der Waals surface area contributed by atoms with Crippen molar-refractivity contribution in [2.75, 3.05) is 0 Å². The van der Waals surface area contributed by atoms with Gasteiger partial charge in [-0.25, -0.2) is 13.2 Å². The van der Waals surface area contributed by atoms with Gasteiger partial charge in [0.05, 0.1) is 16.2 Å². The smallest absolute Gasteiger partial charge is 0.336 e. The number of aromatic carboxylic acids is 1. The maximum atomic E-state index is 13.3. The predicted octanol–water partition coefficient (Wildman–Crippen LogP) is 8.12. The topological polar surface area (TPSA) is 71.4 Å². The van der Waals surface area contributed by atoms with Crippen LogP contribution in [0, 0.1) is 0 Å². The molecule has 0 unspecified atom stereocenters. The number of aryl methyl sites for hydroxylation is 2. The summed E-state index contributed by atoms with van der Waals surface area (Å²) >= 11 is 0. The van der Waals surface area contributed by atoms with Gasteiger partial charge in [0.25, 0.3) is 0 Å². The van der Waals surface area contributed by atoms with Crippen molar-refractivity contribution in [3.05, 3.63) is 150 Å². The van der Waals surface area contributed by atoms with Gasteiger partial charge in [-0.05, 0) is 80.4 Å². The van der Waals surface area contributed by atoms with E-state index in [1.165, 1.54) is 21.9 Å². The molecule has 0 spiro atoms.